The predicted molar refractivity (Wildman–Crippen MR) is 82.4 cm³/mol. The number of nitrogens with zero attached hydrogens (tertiary/aromatic N) is 3. The van der Waals surface area contributed by atoms with Gasteiger partial charge in [-0.3, -0.25) is 9.36 Å². The van der Waals surface area contributed by atoms with Gasteiger partial charge in [-0.05, 0) is 32.0 Å². The van der Waals surface area contributed by atoms with Gasteiger partial charge in [0.1, 0.15) is 11.6 Å². The number of hydrogen-bond acceptors (Lipinski definition) is 5. The SMILES string of the molecule is CCn1c(SCc2ncc(C)o2)nc2ccc(F)cc2c1=O. The molecule has 3 aromatic rings. The van der Waals surface area contributed by atoms with Gasteiger partial charge in [-0.25, -0.2) is 14.4 Å². The zero-order chi connectivity index (χ0) is 15.7. The van der Waals surface area contributed by atoms with Crippen LogP contribution in [0, 0.1) is 12.7 Å². The van der Waals surface area contributed by atoms with Crippen LogP contribution in [0.2, 0.25) is 0 Å². The lowest BCUT2D eigenvalue weighted by molar-refractivity contribution is 0.490. The number of halogens is 1. The van der Waals surface area contributed by atoms with Gasteiger partial charge < -0.3 is 4.42 Å². The van der Waals surface area contributed by atoms with Crippen molar-refractivity contribution in [3.8, 4) is 0 Å². The molecule has 0 bridgehead atoms. The summed E-state index contributed by atoms with van der Waals surface area (Å²) in [7, 11) is 0. The fraction of sp³-hybridized carbons (Fsp3) is 0.267. The standard InChI is InChI=1S/C15H14FN3O2S/c1-3-19-14(20)11-6-10(16)4-5-12(11)18-15(19)22-8-13-17-7-9(2)21-13/h4-7H,3,8H2,1-2H3. The summed E-state index contributed by atoms with van der Waals surface area (Å²) in [5.41, 5.74) is 0.250. The lowest BCUT2D eigenvalue weighted by Crippen LogP contribution is -2.22. The second kappa shape index (κ2) is 5.92. The highest BCUT2D eigenvalue weighted by Crippen LogP contribution is 2.22. The van der Waals surface area contributed by atoms with E-state index in [1.807, 2.05) is 13.8 Å². The van der Waals surface area contributed by atoms with Crippen LogP contribution in [0.15, 0.2) is 38.8 Å². The van der Waals surface area contributed by atoms with Gasteiger partial charge in [0, 0.05) is 6.54 Å². The van der Waals surface area contributed by atoms with Crippen molar-refractivity contribution in [2.24, 2.45) is 0 Å². The average Bonchev–Trinajstić information content (AvgIpc) is 2.91. The van der Waals surface area contributed by atoms with E-state index in [1.54, 1.807) is 6.20 Å². The van der Waals surface area contributed by atoms with E-state index in [0.717, 1.165) is 5.76 Å². The summed E-state index contributed by atoms with van der Waals surface area (Å²) >= 11 is 1.37. The van der Waals surface area contributed by atoms with Crippen molar-refractivity contribution >= 4 is 22.7 Å². The molecular formula is C15H14FN3O2S. The maximum Gasteiger partial charge on any atom is 0.262 e. The Balaban J connectivity index is 2.01. The van der Waals surface area contributed by atoms with Crippen LogP contribution in [0.1, 0.15) is 18.6 Å². The summed E-state index contributed by atoms with van der Waals surface area (Å²) in [5, 5.41) is 0.862. The van der Waals surface area contributed by atoms with Crippen molar-refractivity contribution in [1.82, 2.24) is 14.5 Å². The van der Waals surface area contributed by atoms with Crippen molar-refractivity contribution in [3.63, 3.8) is 0 Å². The molecule has 0 atom stereocenters. The van der Waals surface area contributed by atoms with Crippen LogP contribution in [0.25, 0.3) is 10.9 Å². The van der Waals surface area contributed by atoms with Crippen molar-refractivity contribution in [2.45, 2.75) is 31.3 Å². The Morgan fingerprint density at radius 2 is 2.23 bits per heavy atom. The second-order valence-corrected chi connectivity index (χ2v) is 5.70. The molecule has 3 rings (SSSR count). The number of aryl methyl sites for hydroxylation is 1. The average molecular weight is 319 g/mol. The number of benzene rings is 1. The number of fused-ring (bicyclic) bond motifs is 1. The lowest BCUT2D eigenvalue weighted by atomic mass is 10.2. The summed E-state index contributed by atoms with van der Waals surface area (Å²) in [6.45, 7) is 4.14. The fourth-order valence-electron chi connectivity index (χ4n) is 2.16. The summed E-state index contributed by atoms with van der Waals surface area (Å²) in [4.78, 5) is 21.0. The molecule has 0 radical (unpaired) electrons. The summed E-state index contributed by atoms with van der Waals surface area (Å²) in [6, 6.07) is 4.05. The van der Waals surface area contributed by atoms with Crippen molar-refractivity contribution in [3.05, 3.63) is 52.2 Å². The van der Waals surface area contributed by atoms with Crippen LogP contribution in [-0.4, -0.2) is 14.5 Å². The molecule has 0 N–H and O–H groups in total. The third kappa shape index (κ3) is 2.76. The molecule has 114 valence electrons. The topological polar surface area (TPSA) is 60.9 Å². The number of hydrogen-bond donors (Lipinski definition) is 0. The number of aromatic nitrogens is 3. The molecule has 1 aromatic carbocycles. The van der Waals surface area contributed by atoms with E-state index in [1.165, 1.54) is 34.5 Å². The maximum absolute atomic E-state index is 13.3. The summed E-state index contributed by atoms with van der Waals surface area (Å²) in [6.07, 6.45) is 1.65. The van der Waals surface area contributed by atoms with Gasteiger partial charge in [0.15, 0.2) is 5.16 Å². The van der Waals surface area contributed by atoms with E-state index in [0.29, 0.717) is 28.9 Å². The molecule has 0 amide bonds. The molecule has 0 aliphatic heterocycles. The van der Waals surface area contributed by atoms with Crippen molar-refractivity contribution in [2.75, 3.05) is 0 Å². The lowest BCUT2D eigenvalue weighted by Gasteiger charge is -2.10. The molecule has 2 heterocycles. The zero-order valence-electron chi connectivity index (χ0n) is 12.2. The normalized spacial score (nSPS) is 11.2. The van der Waals surface area contributed by atoms with Gasteiger partial charge in [-0.1, -0.05) is 11.8 Å². The molecule has 0 spiro atoms. The van der Waals surface area contributed by atoms with Crippen LogP contribution in [0.5, 0.6) is 0 Å². The fourth-order valence-corrected chi connectivity index (χ4v) is 3.07. The first-order chi connectivity index (χ1) is 10.6. The molecule has 5 nitrogen and oxygen atoms in total. The monoisotopic (exact) mass is 319 g/mol. The third-order valence-corrected chi connectivity index (χ3v) is 4.15. The molecule has 0 saturated heterocycles. The molecule has 0 saturated carbocycles. The first-order valence-corrected chi connectivity index (χ1v) is 7.81. The van der Waals surface area contributed by atoms with E-state index in [-0.39, 0.29) is 10.9 Å². The smallest absolute Gasteiger partial charge is 0.262 e. The largest absolute Gasteiger partial charge is 0.445 e. The Morgan fingerprint density at radius 3 is 2.91 bits per heavy atom. The zero-order valence-corrected chi connectivity index (χ0v) is 13.0. The van der Waals surface area contributed by atoms with E-state index >= 15 is 0 Å². The highest BCUT2D eigenvalue weighted by atomic mass is 32.2. The van der Waals surface area contributed by atoms with Crippen LogP contribution >= 0.6 is 11.8 Å². The molecule has 0 fully saturated rings. The highest BCUT2D eigenvalue weighted by Gasteiger charge is 2.12. The van der Waals surface area contributed by atoms with Gasteiger partial charge in [0.05, 0.1) is 22.9 Å². The van der Waals surface area contributed by atoms with Crippen molar-refractivity contribution in [1.29, 1.82) is 0 Å². The maximum atomic E-state index is 13.3. The molecule has 2 aromatic heterocycles. The Bertz CT molecular complexity index is 888. The van der Waals surface area contributed by atoms with E-state index in [9.17, 15) is 9.18 Å². The Hall–Kier alpha value is -2.15. The molecule has 22 heavy (non-hydrogen) atoms. The van der Waals surface area contributed by atoms with Crippen LogP contribution in [-0.2, 0) is 12.3 Å². The Labute approximate surface area is 130 Å². The van der Waals surface area contributed by atoms with Gasteiger partial charge in [-0.15, -0.1) is 0 Å². The van der Waals surface area contributed by atoms with E-state index in [2.05, 4.69) is 9.97 Å². The van der Waals surface area contributed by atoms with Gasteiger partial charge in [-0.2, -0.15) is 0 Å². The Morgan fingerprint density at radius 1 is 1.41 bits per heavy atom. The van der Waals surface area contributed by atoms with Gasteiger partial charge >= 0.3 is 0 Å². The quantitative estimate of drug-likeness (QED) is 0.546. The van der Waals surface area contributed by atoms with Gasteiger partial charge in [0.2, 0.25) is 5.89 Å². The minimum Gasteiger partial charge on any atom is -0.445 e. The van der Waals surface area contributed by atoms with Crippen LogP contribution in [0.4, 0.5) is 4.39 Å². The molecule has 0 aliphatic rings. The highest BCUT2D eigenvalue weighted by molar-refractivity contribution is 7.98. The number of rotatable bonds is 4. The third-order valence-electron chi connectivity index (χ3n) is 3.19. The molecule has 0 unspecified atom stereocenters. The van der Waals surface area contributed by atoms with E-state index in [4.69, 9.17) is 4.42 Å². The minimum atomic E-state index is -0.440. The minimum absolute atomic E-state index is 0.238. The first-order valence-electron chi connectivity index (χ1n) is 6.82. The molecular weight excluding hydrogens is 305 g/mol. The Kier molecular flexibility index (Phi) is 3.98. The summed E-state index contributed by atoms with van der Waals surface area (Å²) in [5.74, 6) is 1.36. The van der Waals surface area contributed by atoms with Crippen LogP contribution in [0.3, 0.4) is 0 Å². The first kappa shape index (κ1) is 14.8. The molecule has 0 aliphatic carbocycles. The van der Waals surface area contributed by atoms with Crippen molar-refractivity contribution < 1.29 is 8.81 Å². The van der Waals surface area contributed by atoms with Gasteiger partial charge in [0.25, 0.3) is 5.56 Å². The predicted octanol–water partition coefficient (Wildman–Crippen LogP) is 3.14. The van der Waals surface area contributed by atoms with E-state index < -0.39 is 5.82 Å². The molecule has 7 heteroatoms. The summed E-state index contributed by atoms with van der Waals surface area (Å²) < 4.78 is 20.3. The second-order valence-electron chi connectivity index (χ2n) is 4.76. The van der Waals surface area contributed by atoms with Crippen LogP contribution < -0.4 is 5.56 Å². The number of oxazole rings is 1. The number of thioether (sulfide) groups is 1.